The third kappa shape index (κ3) is 1.90. The number of amides is 1. The molecule has 0 spiro atoms. The van der Waals surface area contributed by atoms with Crippen LogP contribution < -0.4 is 0 Å². The van der Waals surface area contributed by atoms with Gasteiger partial charge in [-0.25, -0.2) is 4.79 Å². The molecule has 0 aromatic rings. The highest BCUT2D eigenvalue weighted by Crippen LogP contribution is 2.29. The Hall–Kier alpha value is -0.290. The summed E-state index contributed by atoms with van der Waals surface area (Å²) in [6.07, 6.45) is -0.305. The normalized spacial score (nSPS) is 20.1. The van der Waals surface area contributed by atoms with Crippen molar-refractivity contribution in [3.05, 3.63) is 0 Å². The van der Waals surface area contributed by atoms with Crippen molar-refractivity contribution >= 4 is 22.0 Å². The molecule has 1 amide bonds. The largest absolute Gasteiger partial charge is 0.450 e. The van der Waals surface area contributed by atoms with Gasteiger partial charge in [0.25, 0.3) is 0 Å². The van der Waals surface area contributed by atoms with Crippen LogP contribution in [0.15, 0.2) is 0 Å². The monoisotopic (exact) mass is 237 g/mol. The molecule has 0 radical (unpaired) electrons. The summed E-state index contributed by atoms with van der Waals surface area (Å²) < 4.78 is 4.48. The first-order valence-corrected chi connectivity index (χ1v) is 4.62. The summed E-state index contributed by atoms with van der Waals surface area (Å²) in [6, 6.07) is 0. The molecule has 0 aromatic heterocycles. The number of carbonyl (C=O) groups excluding carboxylic acids is 1. The van der Waals surface area contributed by atoms with Gasteiger partial charge in [-0.2, -0.15) is 0 Å². The number of likely N-dealkylation sites (tertiary alicyclic amines) is 1. The smallest absolute Gasteiger partial charge is 0.409 e. The number of hydrogen-bond acceptors (Lipinski definition) is 3. The predicted octanol–water partition coefficient (Wildman–Crippen LogP) is 0.585. The summed E-state index contributed by atoms with van der Waals surface area (Å²) in [5, 5.41) is 8.85. The number of aliphatic hydroxyl groups excluding tert-OH is 1. The van der Waals surface area contributed by atoms with Gasteiger partial charge in [0.05, 0.1) is 17.5 Å². The topological polar surface area (TPSA) is 49.8 Å². The zero-order valence-corrected chi connectivity index (χ0v) is 8.50. The highest BCUT2D eigenvalue weighted by Gasteiger charge is 2.43. The van der Waals surface area contributed by atoms with Crippen molar-refractivity contribution in [3.8, 4) is 0 Å². The average Bonchev–Trinajstić information content (AvgIpc) is 1.99. The maximum Gasteiger partial charge on any atom is 0.409 e. The zero-order valence-electron chi connectivity index (χ0n) is 6.92. The van der Waals surface area contributed by atoms with Crippen LogP contribution >= 0.6 is 15.9 Å². The first kappa shape index (κ1) is 9.80. The van der Waals surface area contributed by atoms with E-state index < -0.39 is 0 Å². The van der Waals surface area contributed by atoms with E-state index in [1.54, 1.807) is 11.8 Å². The zero-order chi connectivity index (χ0) is 9.19. The number of alkyl halides is 1. The van der Waals surface area contributed by atoms with E-state index in [1.165, 1.54) is 0 Å². The van der Waals surface area contributed by atoms with E-state index in [2.05, 4.69) is 15.9 Å². The van der Waals surface area contributed by atoms with Crippen LogP contribution in [0.5, 0.6) is 0 Å². The maximum absolute atomic E-state index is 11.0. The van der Waals surface area contributed by atoms with Crippen molar-refractivity contribution < 1.29 is 14.6 Å². The second-order valence-corrected chi connectivity index (χ2v) is 4.55. The van der Waals surface area contributed by atoms with Crippen LogP contribution in [0.4, 0.5) is 4.79 Å². The Balaban J connectivity index is 2.29. The van der Waals surface area contributed by atoms with Crippen LogP contribution in [0, 0.1) is 0 Å². The lowest BCUT2D eigenvalue weighted by atomic mass is 10.0. The van der Waals surface area contributed by atoms with Crippen molar-refractivity contribution in [3.63, 3.8) is 0 Å². The predicted molar refractivity (Wildman–Crippen MR) is 47.3 cm³/mol. The van der Waals surface area contributed by atoms with Gasteiger partial charge in [-0.1, -0.05) is 15.9 Å². The Kier molecular flexibility index (Phi) is 2.95. The van der Waals surface area contributed by atoms with Crippen molar-refractivity contribution in [1.82, 2.24) is 4.90 Å². The number of hydrogen-bond donors (Lipinski definition) is 1. The molecule has 12 heavy (non-hydrogen) atoms. The molecule has 1 aliphatic heterocycles. The fourth-order valence-corrected chi connectivity index (χ4v) is 1.69. The average molecular weight is 238 g/mol. The van der Waals surface area contributed by atoms with E-state index in [1.807, 2.05) is 0 Å². The molecule has 0 aromatic carbocycles. The van der Waals surface area contributed by atoms with Crippen molar-refractivity contribution in [2.24, 2.45) is 0 Å². The lowest BCUT2D eigenvalue weighted by molar-refractivity contribution is 0.0529. The van der Waals surface area contributed by atoms with Crippen LogP contribution in [0.1, 0.15) is 6.92 Å². The summed E-state index contributed by atoms with van der Waals surface area (Å²) in [7, 11) is 0. The summed E-state index contributed by atoms with van der Waals surface area (Å²) in [5.41, 5.74) is 0. The molecule has 0 unspecified atom stereocenters. The van der Waals surface area contributed by atoms with Gasteiger partial charge in [0.15, 0.2) is 0 Å². The first-order chi connectivity index (χ1) is 5.61. The van der Waals surface area contributed by atoms with Crippen LogP contribution in [0.2, 0.25) is 0 Å². The summed E-state index contributed by atoms with van der Waals surface area (Å²) in [6.45, 7) is 3.24. The maximum atomic E-state index is 11.0. The Morgan fingerprint density at radius 2 is 2.33 bits per heavy atom. The highest BCUT2D eigenvalue weighted by molar-refractivity contribution is 9.10. The van der Waals surface area contributed by atoms with E-state index in [-0.39, 0.29) is 17.0 Å². The second-order valence-electron chi connectivity index (χ2n) is 2.86. The summed E-state index contributed by atoms with van der Waals surface area (Å²) >= 11 is 3.33. The number of carbonyl (C=O) groups is 1. The Morgan fingerprint density at radius 1 is 1.75 bits per heavy atom. The van der Waals surface area contributed by atoms with Crippen molar-refractivity contribution in [2.45, 2.75) is 11.2 Å². The van der Waals surface area contributed by atoms with E-state index >= 15 is 0 Å². The lowest BCUT2D eigenvalue weighted by Gasteiger charge is -2.44. The molecule has 0 saturated carbocycles. The molecule has 0 atom stereocenters. The number of halogens is 1. The molecule has 4 nitrogen and oxygen atoms in total. The minimum Gasteiger partial charge on any atom is -0.450 e. The Labute approximate surface area is 79.6 Å². The number of aliphatic hydroxyl groups is 1. The van der Waals surface area contributed by atoms with E-state index in [0.717, 1.165) is 0 Å². The SMILES string of the molecule is CCOC(=O)N1CC(Br)(CO)C1. The van der Waals surface area contributed by atoms with Gasteiger partial charge < -0.3 is 14.7 Å². The minimum atomic E-state index is -0.305. The molecule has 1 N–H and O–H groups in total. The summed E-state index contributed by atoms with van der Waals surface area (Å²) in [4.78, 5) is 12.6. The van der Waals surface area contributed by atoms with E-state index in [4.69, 9.17) is 9.84 Å². The van der Waals surface area contributed by atoms with Gasteiger partial charge in [-0.3, -0.25) is 0 Å². The van der Waals surface area contributed by atoms with E-state index in [9.17, 15) is 4.79 Å². The van der Waals surface area contributed by atoms with Gasteiger partial charge >= 0.3 is 6.09 Å². The third-order valence-electron chi connectivity index (χ3n) is 1.76. The van der Waals surface area contributed by atoms with Gasteiger partial charge in [-0.05, 0) is 6.92 Å². The molecule has 0 aliphatic carbocycles. The molecule has 5 heteroatoms. The number of rotatable bonds is 2. The lowest BCUT2D eigenvalue weighted by Crippen LogP contribution is -2.61. The second kappa shape index (κ2) is 3.62. The van der Waals surface area contributed by atoms with Gasteiger partial charge in [0, 0.05) is 13.1 Å². The number of ether oxygens (including phenoxy) is 1. The minimum absolute atomic E-state index is 0.0445. The standard InChI is InChI=1S/C7H12BrNO3/c1-2-12-6(11)9-3-7(8,4-9)5-10/h10H,2-5H2,1H3. The van der Waals surface area contributed by atoms with Crippen molar-refractivity contribution in [2.75, 3.05) is 26.3 Å². The molecule has 1 rings (SSSR count). The van der Waals surface area contributed by atoms with Crippen LogP contribution in [0.3, 0.4) is 0 Å². The van der Waals surface area contributed by atoms with Gasteiger partial charge in [0.1, 0.15) is 0 Å². The molecule has 1 heterocycles. The molecular weight excluding hydrogens is 226 g/mol. The fourth-order valence-electron chi connectivity index (χ4n) is 1.08. The van der Waals surface area contributed by atoms with E-state index in [0.29, 0.717) is 19.7 Å². The molecular formula is C7H12BrNO3. The van der Waals surface area contributed by atoms with Crippen molar-refractivity contribution in [1.29, 1.82) is 0 Å². The number of nitrogens with zero attached hydrogens (tertiary/aromatic N) is 1. The van der Waals surface area contributed by atoms with Crippen LogP contribution in [-0.2, 0) is 4.74 Å². The summed E-state index contributed by atoms with van der Waals surface area (Å²) in [5.74, 6) is 0. The molecule has 0 bridgehead atoms. The van der Waals surface area contributed by atoms with Crippen LogP contribution in [-0.4, -0.2) is 46.7 Å². The first-order valence-electron chi connectivity index (χ1n) is 3.83. The molecule has 70 valence electrons. The highest BCUT2D eigenvalue weighted by atomic mass is 79.9. The van der Waals surface area contributed by atoms with Gasteiger partial charge in [-0.15, -0.1) is 0 Å². The Morgan fingerprint density at radius 3 is 2.75 bits per heavy atom. The van der Waals surface area contributed by atoms with Crippen LogP contribution in [0.25, 0.3) is 0 Å². The molecule has 1 fully saturated rings. The molecule has 1 aliphatic rings. The van der Waals surface area contributed by atoms with Gasteiger partial charge in [0.2, 0.25) is 0 Å². The third-order valence-corrected chi connectivity index (χ3v) is 2.51. The Bertz CT molecular complexity index is 179. The fraction of sp³-hybridized carbons (Fsp3) is 0.857. The molecule has 1 saturated heterocycles. The quantitative estimate of drug-likeness (QED) is 0.716.